The number of aryl methyl sites for hydroxylation is 2. The minimum atomic E-state index is -0.541. The van der Waals surface area contributed by atoms with Crippen LogP contribution in [0.15, 0.2) is 0 Å². The van der Waals surface area contributed by atoms with Gasteiger partial charge in [-0.1, -0.05) is 6.92 Å². The molecule has 0 saturated carbocycles. The number of nitrogens with one attached hydrogen (secondary N) is 1. The maximum Gasteiger partial charge on any atom is 0.225 e. The van der Waals surface area contributed by atoms with Crippen LogP contribution >= 0.6 is 0 Å². The predicted octanol–water partition coefficient (Wildman–Crippen LogP) is 0.857. The van der Waals surface area contributed by atoms with E-state index < -0.39 is 5.54 Å². The number of aromatic nitrogens is 2. The summed E-state index contributed by atoms with van der Waals surface area (Å²) < 4.78 is 1.78. The molecule has 1 aromatic heterocycles. The van der Waals surface area contributed by atoms with Crippen molar-refractivity contribution in [1.29, 1.82) is 0 Å². The molecule has 0 aromatic carbocycles. The summed E-state index contributed by atoms with van der Waals surface area (Å²) in [6, 6.07) is 0. The lowest BCUT2D eigenvalue weighted by Gasteiger charge is -2.27. The van der Waals surface area contributed by atoms with E-state index in [1.165, 1.54) is 0 Å². The Hall–Kier alpha value is -1.36. The number of amides is 1. The molecule has 1 rings (SSSR count). The van der Waals surface area contributed by atoms with E-state index in [-0.39, 0.29) is 12.5 Å². The average Bonchev–Trinajstić information content (AvgIpc) is 2.56. The SMILES string of the molecule is CCC(C)(CO)NC(=O)Cc1c(C)nn(C)c1C. The average molecular weight is 253 g/mol. The van der Waals surface area contributed by atoms with Crippen LogP contribution in [0.3, 0.4) is 0 Å². The minimum absolute atomic E-state index is 0.0553. The van der Waals surface area contributed by atoms with Crippen LogP contribution in [0.5, 0.6) is 0 Å². The van der Waals surface area contributed by atoms with Gasteiger partial charge in [-0.15, -0.1) is 0 Å². The molecule has 0 bridgehead atoms. The van der Waals surface area contributed by atoms with Gasteiger partial charge in [-0.2, -0.15) is 5.10 Å². The summed E-state index contributed by atoms with van der Waals surface area (Å²) >= 11 is 0. The molecule has 1 amide bonds. The van der Waals surface area contributed by atoms with E-state index in [0.717, 1.165) is 17.0 Å². The molecular formula is C13H23N3O2. The molecule has 5 heteroatoms. The Morgan fingerprint density at radius 3 is 2.50 bits per heavy atom. The van der Waals surface area contributed by atoms with Gasteiger partial charge in [0, 0.05) is 18.3 Å². The second-order valence-corrected chi connectivity index (χ2v) is 5.07. The molecule has 18 heavy (non-hydrogen) atoms. The van der Waals surface area contributed by atoms with Gasteiger partial charge in [-0.3, -0.25) is 9.48 Å². The smallest absolute Gasteiger partial charge is 0.225 e. The number of nitrogens with zero attached hydrogens (tertiary/aromatic N) is 2. The van der Waals surface area contributed by atoms with Crippen molar-refractivity contribution in [3.8, 4) is 0 Å². The summed E-state index contributed by atoms with van der Waals surface area (Å²) in [5.74, 6) is -0.0763. The number of rotatable bonds is 5. The Bertz CT molecular complexity index is 434. The number of hydrogen-bond acceptors (Lipinski definition) is 3. The molecule has 0 aliphatic rings. The fraction of sp³-hybridized carbons (Fsp3) is 0.692. The molecule has 0 saturated heterocycles. The summed E-state index contributed by atoms with van der Waals surface area (Å²) in [4.78, 5) is 12.0. The van der Waals surface area contributed by atoms with Crippen molar-refractivity contribution in [2.75, 3.05) is 6.61 Å². The summed E-state index contributed by atoms with van der Waals surface area (Å²) in [5.41, 5.74) is 2.31. The lowest BCUT2D eigenvalue weighted by atomic mass is 9.99. The molecular weight excluding hydrogens is 230 g/mol. The molecule has 1 unspecified atom stereocenters. The van der Waals surface area contributed by atoms with Crippen molar-refractivity contribution < 1.29 is 9.90 Å². The van der Waals surface area contributed by atoms with Crippen LogP contribution in [0.25, 0.3) is 0 Å². The molecule has 0 spiro atoms. The topological polar surface area (TPSA) is 67.2 Å². The van der Waals surface area contributed by atoms with Gasteiger partial charge < -0.3 is 10.4 Å². The number of hydrogen-bond donors (Lipinski definition) is 2. The van der Waals surface area contributed by atoms with E-state index >= 15 is 0 Å². The summed E-state index contributed by atoms with van der Waals surface area (Å²) in [7, 11) is 1.87. The second-order valence-electron chi connectivity index (χ2n) is 5.07. The number of carbonyl (C=O) groups excluding carboxylic acids is 1. The number of aliphatic hydroxyl groups is 1. The highest BCUT2D eigenvalue weighted by atomic mass is 16.3. The van der Waals surface area contributed by atoms with Gasteiger partial charge in [0.05, 0.1) is 24.3 Å². The van der Waals surface area contributed by atoms with E-state index in [2.05, 4.69) is 10.4 Å². The molecule has 0 radical (unpaired) electrons. The monoisotopic (exact) mass is 253 g/mol. The first-order valence-corrected chi connectivity index (χ1v) is 6.24. The highest BCUT2D eigenvalue weighted by Gasteiger charge is 2.24. The van der Waals surface area contributed by atoms with Crippen LogP contribution in [0, 0.1) is 13.8 Å². The third-order valence-electron chi connectivity index (χ3n) is 3.57. The normalized spacial score (nSPS) is 14.3. The standard InChI is InChI=1S/C13H23N3O2/c1-6-13(4,8-17)14-12(18)7-11-9(2)15-16(5)10(11)3/h17H,6-8H2,1-5H3,(H,14,18). The van der Waals surface area contributed by atoms with Crippen LogP contribution in [0.4, 0.5) is 0 Å². The van der Waals surface area contributed by atoms with Gasteiger partial charge in [-0.25, -0.2) is 0 Å². The quantitative estimate of drug-likeness (QED) is 0.817. The maximum absolute atomic E-state index is 12.0. The van der Waals surface area contributed by atoms with Crippen molar-refractivity contribution >= 4 is 5.91 Å². The Morgan fingerprint density at radius 1 is 1.50 bits per heavy atom. The van der Waals surface area contributed by atoms with Crippen LogP contribution < -0.4 is 5.32 Å². The van der Waals surface area contributed by atoms with E-state index in [1.807, 2.05) is 34.7 Å². The van der Waals surface area contributed by atoms with E-state index in [0.29, 0.717) is 12.8 Å². The molecule has 0 aliphatic carbocycles. The van der Waals surface area contributed by atoms with Gasteiger partial charge in [0.25, 0.3) is 0 Å². The Kier molecular flexibility index (Phi) is 4.51. The van der Waals surface area contributed by atoms with Crippen molar-refractivity contribution in [2.24, 2.45) is 7.05 Å². The van der Waals surface area contributed by atoms with E-state index in [1.54, 1.807) is 4.68 Å². The van der Waals surface area contributed by atoms with Crippen LogP contribution in [-0.4, -0.2) is 32.9 Å². The van der Waals surface area contributed by atoms with Crippen LogP contribution in [-0.2, 0) is 18.3 Å². The molecule has 1 aromatic rings. The molecule has 1 heterocycles. The van der Waals surface area contributed by atoms with Gasteiger partial charge in [-0.05, 0) is 27.2 Å². The fourth-order valence-corrected chi connectivity index (χ4v) is 1.85. The lowest BCUT2D eigenvalue weighted by Crippen LogP contribution is -2.49. The molecule has 1 atom stereocenters. The fourth-order valence-electron chi connectivity index (χ4n) is 1.85. The Labute approximate surface area is 108 Å². The van der Waals surface area contributed by atoms with Gasteiger partial charge >= 0.3 is 0 Å². The summed E-state index contributed by atoms with van der Waals surface area (Å²) in [5, 5.41) is 16.4. The third-order valence-corrected chi connectivity index (χ3v) is 3.57. The number of carbonyl (C=O) groups is 1. The van der Waals surface area contributed by atoms with E-state index in [4.69, 9.17) is 0 Å². The number of aliphatic hydroxyl groups excluding tert-OH is 1. The molecule has 102 valence electrons. The van der Waals surface area contributed by atoms with Gasteiger partial charge in [0.1, 0.15) is 0 Å². The van der Waals surface area contributed by atoms with E-state index in [9.17, 15) is 9.90 Å². The maximum atomic E-state index is 12.0. The Morgan fingerprint density at radius 2 is 2.11 bits per heavy atom. The minimum Gasteiger partial charge on any atom is -0.394 e. The molecule has 5 nitrogen and oxygen atoms in total. The van der Waals surface area contributed by atoms with Gasteiger partial charge in [0.2, 0.25) is 5.91 Å². The van der Waals surface area contributed by atoms with Crippen LogP contribution in [0.2, 0.25) is 0 Å². The summed E-state index contributed by atoms with van der Waals surface area (Å²) in [6.07, 6.45) is 1.00. The lowest BCUT2D eigenvalue weighted by molar-refractivity contribution is -0.122. The Balaban J connectivity index is 2.76. The first kappa shape index (κ1) is 14.7. The zero-order valence-corrected chi connectivity index (χ0v) is 11.9. The zero-order valence-electron chi connectivity index (χ0n) is 11.9. The highest BCUT2D eigenvalue weighted by Crippen LogP contribution is 2.14. The zero-order chi connectivity index (χ0) is 13.9. The van der Waals surface area contributed by atoms with Crippen LogP contribution in [0.1, 0.15) is 37.2 Å². The third kappa shape index (κ3) is 3.10. The molecule has 0 fully saturated rings. The first-order chi connectivity index (χ1) is 8.33. The largest absolute Gasteiger partial charge is 0.394 e. The van der Waals surface area contributed by atoms with Crippen molar-refractivity contribution in [2.45, 2.75) is 46.1 Å². The van der Waals surface area contributed by atoms with Crippen molar-refractivity contribution in [3.63, 3.8) is 0 Å². The molecule has 2 N–H and O–H groups in total. The van der Waals surface area contributed by atoms with Gasteiger partial charge in [0.15, 0.2) is 0 Å². The highest BCUT2D eigenvalue weighted by molar-refractivity contribution is 5.79. The predicted molar refractivity (Wildman–Crippen MR) is 70.3 cm³/mol. The molecule has 0 aliphatic heterocycles. The van der Waals surface area contributed by atoms with Crippen molar-refractivity contribution in [3.05, 3.63) is 17.0 Å². The summed E-state index contributed by atoms with van der Waals surface area (Å²) in [6.45, 7) is 7.58. The van der Waals surface area contributed by atoms with Crippen molar-refractivity contribution in [1.82, 2.24) is 15.1 Å². The first-order valence-electron chi connectivity index (χ1n) is 6.24. The second kappa shape index (κ2) is 5.52.